The Balaban J connectivity index is 1.51. The summed E-state index contributed by atoms with van der Waals surface area (Å²) < 4.78 is 6.07. The second-order valence-corrected chi connectivity index (χ2v) is 9.54. The minimum atomic E-state index is -0.163. The lowest BCUT2D eigenvalue weighted by Crippen LogP contribution is -2.33. The van der Waals surface area contributed by atoms with Crippen molar-refractivity contribution in [3.05, 3.63) is 77.0 Å². The van der Waals surface area contributed by atoms with Gasteiger partial charge in [-0.05, 0) is 80.4 Å². The van der Waals surface area contributed by atoms with Gasteiger partial charge < -0.3 is 19.5 Å². The van der Waals surface area contributed by atoms with Gasteiger partial charge in [-0.25, -0.2) is 0 Å². The molecule has 3 aromatic rings. The maximum atomic E-state index is 6.81. The number of nitrogens with zero attached hydrogens (tertiary/aromatic N) is 3. The van der Waals surface area contributed by atoms with Gasteiger partial charge in [0.25, 0.3) is 0 Å². The molecule has 32 heavy (non-hydrogen) atoms. The van der Waals surface area contributed by atoms with Gasteiger partial charge in [0, 0.05) is 25.0 Å². The first-order chi connectivity index (χ1) is 15.5. The number of rotatable bonds is 4. The summed E-state index contributed by atoms with van der Waals surface area (Å²) in [5.74, 6) is 2.49. The van der Waals surface area contributed by atoms with Crippen molar-refractivity contribution in [1.29, 1.82) is 0 Å². The van der Waals surface area contributed by atoms with Crippen molar-refractivity contribution >= 4 is 40.3 Å². The molecule has 0 unspecified atom stereocenters. The zero-order valence-electron chi connectivity index (χ0n) is 18.3. The van der Waals surface area contributed by atoms with Crippen molar-refractivity contribution in [3.63, 3.8) is 0 Å². The number of nitrogens with one attached hydrogen (secondary N) is 1. The molecule has 0 aliphatic carbocycles. The summed E-state index contributed by atoms with van der Waals surface area (Å²) in [5, 5.41) is 4.84. The first-order valence-corrected chi connectivity index (χ1v) is 11.9. The molecule has 2 aromatic heterocycles. The van der Waals surface area contributed by atoms with Crippen LogP contribution in [0.15, 0.2) is 59.1 Å². The molecule has 4 heterocycles. The highest BCUT2D eigenvalue weighted by atomic mass is 35.5. The molecule has 7 heteroatoms. The van der Waals surface area contributed by atoms with E-state index in [0.29, 0.717) is 5.11 Å². The molecule has 2 aliphatic heterocycles. The van der Waals surface area contributed by atoms with Crippen molar-refractivity contribution < 1.29 is 4.42 Å². The van der Waals surface area contributed by atoms with Gasteiger partial charge in [-0.3, -0.25) is 4.98 Å². The Morgan fingerprint density at radius 3 is 2.59 bits per heavy atom. The molecule has 2 atom stereocenters. The Morgan fingerprint density at radius 1 is 1.12 bits per heavy atom. The van der Waals surface area contributed by atoms with Gasteiger partial charge in [-0.15, -0.1) is 0 Å². The van der Waals surface area contributed by atoms with Gasteiger partial charge >= 0.3 is 0 Å². The average Bonchev–Trinajstić information content (AvgIpc) is 3.38. The Hall–Kier alpha value is -2.57. The van der Waals surface area contributed by atoms with Crippen LogP contribution in [0, 0.1) is 12.8 Å². The van der Waals surface area contributed by atoms with Crippen LogP contribution in [-0.2, 0) is 0 Å². The zero-order chi connectivity index (χ0) is 22.2. The number of pyridine rings is 1. The highest BCUT2D eigenvalue weighted by Crippen LogP contribution is 2.43. The molecule has 1 aromatic carbocycles. The molecule has 166 valence electrons. The zero-order valence-corrected chi connectivity index (χ0v) is 19.9. The van der Waals surface area contributed by atoms with Crippen molar-refractivity contribution in [1.82, 2.24) is 10.3 Å². The number of benzene rings is 1. The van der Waals surface area contributed by atoms with E-state index in [0.717, 1.165) is 52.6 Å². The molecule has 5 nitrogen and oxygen atoms in total. The molecule has 5 rings (SSSR count). The minimum Gasteiger partial charge on any atom is -0.464 e. The van der Waals surface area contributed by atoms with Crippen LogP contribution in [0.25, 0.3) is 0 Å². The lowest BCUT2D eigenvalue weighted by molar-refractivity contribution is 0.418. The number of hydrogen-bond donors (Lipinski definition) is 1. The molecule has 0 spiro atoms. The highest BCUT2D eigenvalue weighted by molar-refractivity contribution is 7.80. The van der Waals surface area contributed by atoms with E-state index < -0.39 is 0 Å². The van der Waals surface area contributed by atoms with Crippen LogP contribution >= 0.6 is 23.8 Å². The standard InChI is InChI=1S/C25H27ClN4OS/c1-16-10-13-29(14-11-16)21-8-7-18(15-19(21)26)30-24(22-9-6-17(2)31-22)23(28-25(30)32)20-5-3-4-12-27-20/h3-9,12,15-16,23-24H,10-11,13-14H2,1-2H3,(H,28,32)/t23-,24-/m0/s1. The van der Waals surface area contributed by atoms with Gasteiger partial charge in [-0.2, -0.15) is 0 Å². The van der Waals surface area contributed by atoms with Crippen LogP contribution in [0.5, 0.6) is 0 Å². The number of halogens is 1. The Morgan fingerprint density at radius 2 is 1.94 bits per heavy atom. The van der Waals surface area contributed by atoms with E-state index in [1.54, 1.807) is 6.20 Å². The SMILES string of the molecule is Cc1ccc([C@H]2[C@H](c3ccccn3)NC(=S)N2c2ccc(N3CCC(C)CC3)c(Cl)c2)o1. The van der Waals surface area contributed by atoms with Gasteiger partial charge in [0.05, 0.1) is 22.4 Å². The van der Waals surface area contributed by atoms with Crippen molar-refractivity contribution in [2.75, 3.05) is 22.9 Å². The van der Waals surface area contributed by atoms with E-state index in [-0.39, 0.29) is 12.1 Å². The van der Waals surface area contributed by atoms with E-state index in [4.69, 9.17) is 28.2 Å². The number of anilines is 2. The Kier molecular flexibility index (Phi) is 5.82. The fourth-order valence-electron chi connectivity index (χ4n) is 4.69. The number of hydrogen-bond acceptors (Lipinski definition) is 4. The van der Waals surface area contributed by atoms with Crippen LogP contribution in [0.3, 0.4) is 0 Å². The lowest BCUT2D eigenvalue weighted by Gasteiger charge is -2.33. The molecule has 0 amide bonds. The van der Waals surface area contributed by atoms with Crippen LogP contribution in [-0.4, -0.2) is 23.2 Å². The minimum absolute atomic E-state index is 0.128. The number of thiocarbonyl (C=S) groups is 1. The van der Waals surface area contributed by atoms with E-state index in [1.807, 2.05) is 43.3 Å². The van der Waals surface area contributed by atoms with Crippen LogP contribution in [0.1, 0.15) is 49.1 Å². The van der Waals surface area contributed by atoms with Gasteiger partial charge in [0.2, 0.25) is 0 Å². The summed E-state index contributed by atoms with van der Waals surface area (Å²) >= 11 is 12.6. The maximum Gasteiger partial charge on any atom is 0.174 e. The van der Waals surface area contributed by atoms with Gasteiger partial charge in [0.1, 0.15) is 17.6 Å². The third kappa shape index (κ3) is 3.97. The Bertz CT molecular complexity index is 1110. The molecule has 2 fully saturated rings. The van der Waals surface area contributed by atoms with Gasteiger partial charge in [0.15, 0.2) is 5.11 Å². The normalized spacial score (nSPS) is 21.8. The van der Waals surface area contributed by atoms with Crippen LogP contribution in [0.2, 0.25) is 5.02 Å². The number of furan rings is 1. The van der Waals surface area contributed by atoms with E-state index in [9.17, 15) is 0 Å². The number of aromatic nitrogens is 1. The van der Waals surface area contributed by atoms with Crippen molar-refractivity contribution in [3.8, 4) is 0 Å². The highest BCUT2D eigenvalue weighted by Gasteiger charge is 2.42. The first kappa shape index (κ1) is 21.3. The molecule has 1 N–H and O–H groups in total. The quantitative estimate of drug-likeness (QED) is 0.472. The molecule has 0 saturated carbocycles. The van der Waals surface area contributed by atoms with E-state index in [1.165, 1.54) is 12.8 Å². The lowest BCUT2D eigenvalue weighted by atomic mass is 9.98. The molecule has 0 radical (unpaired) electrons. The van der Waals surface area contributed by atoms with E-state index >= 15 is 0 Å². The summed E-state index contributed by atoms with van der Waals surface area (Å²) in [6.45, 7) is 6.35. The second-order valence-electron chi connectivity index (χ2n) is 8.75. The number of aryl methyl sites for hydroxylation is 1. The monoisotopic (exact) mass is 466 g/mol. The molecule has 2 aliphatic rings. The molecule has 0 bridgehead atoms. The number of piperidine rings is 1. The summed E-state index contributed by atoms with van der Waals surface area (Å²) in [6, 6.07) is 15.9. The fraction of sp³-hybridized carbons (Fsp3) is 0.360. The predicted molar refractivity (Wildman–Crippen MR) is 133 cm³/mol. The topological polar surface area (TPSA) is 44.5 Å². The van der Waals surface area contributed by atoms with Crippen LogP contribution < -0.4 is 15.1 Å². The summed E-state index contributed by atoms with van der Waals surface area (Å²) in [7, 11) is 0. The Labute approximate surface area is 199 Å². The summed E-state index contributed by atoms with van der Waals surface area (Å²) in [5.41, 5.74) is 2.95. The average molecular weight is 467 g/mol. The predicted octanol–water partition coefficient (Wildman–Crippen LogP) is 6.05. The first-order valence-electron chi connectivity index (χ1n) is 11.1. The third-order valence-corrected chi connectivity index (χ3v) is 7.10. The molecular formula is C25H27ClN4OS. The summed E-state index contributed by atoms with van der Waals surface area (Å²) in [6.07, 6.45) is 4.20. The van der Waals surface area contributed by atoms with Gasteiger partial charge in [-0.1, -0.05) is 24.6 Å². The molecular weight excluding hydrogens is 440 g/mol. The smallest absolute Gasteiger partial charge is 0.174 e. The molecule has 2 saturated heterocycles. The van der Waals surface area contributed by atoms with Crippen molar-refractivity contribution in [2.24, 2.45) is 5.92 Å². The fourth-order valence-corrected chi connectivity index (χ4v) is 5.33. The van der Waals surface area contributed by atoms with Crippen LogP contribution in [0.4, 0.5) is 11.4 Å². The summed E-state index contributed by atoms with van der Waals surface area (Å²) in [4.78, 5) is 9.07. The third-order valence-electron chi connectivity index (χ3n) is 6.48. The van der Waals surface area contributed by atoms with Crippen molar-refractivity contribution in [2.45, 2.75) is 38.8 Å². The maximum absolute atomic E-state index is 6.81. The van der Waals surface area contributed by atoms with E-state index in [2.05, 4.69) is 39.2 Å². The second kappa shape index (κ2) is 8.75. The largest absolute Gasteiger partial charge is 0.464 e.